The van der Waals surface area contributed by atoms with Crippen LogP contribution in [0.25, 0.3) is 16.7 Å². The van der Waals surface area contributed by atoms with E-state index in [-0.39, 0.29) is 5.91 Å². The van der Waals surface area contributed by atoms with Crippen LogP contribution in [-0.4, -0.2) is 43.6 Å². The molecule has 8 heteroatoms. The summed E-state index contributed by atoms with van der Waals surface area (Å²) in [6.45, 7) is 5.45. The molecule has 33 heavy (non-hydrogen) atoms. The van der Waals surface area contributed by atoms with Crippen molar-refractivity contribution in [2.45, 2.75) is 39.0 Å². The molecule has 0 radical (unpaired) electrons. The average molecular weight is 482 g/mol. The Balaban J connectivity index is 1.28. The third-order valence-corrected chi connectivity index (χ3v) is 7.43. The number of carbonyl (C=O) groups is 1. The van der Waals surface area contributed by atoms with Crippen molar-refractivity contribution in [1.29, 1.82) is 0 Å². The maximum absolute atomic E-state index is 13.2. The van der Waals surface area contributed by atoms with Crippen molar-refractivity contribution in [3.63, 3.8) is 0 Å². The average Bonchev–Trinajstić information content (AvgIpc) is 3.37. The molecule has 0 unspecified atom stereocenters. The van der Waals surface area contributed by atoms with Crippen molar-refractivity contribution in [3.8, 4) is 5.69 Å². The van der Waals surface area contributed by atoms with Crippen LogP contribution in [0.3, 0.4) is 0 Å². The fourth-order valence-electron chi connectivity index (χ4n) is 4.82. The third kappa shape index (κ3) is 4.13. The number of aromatic nitrogens is 4. The number of nitrogens with one attached hydrogen (secondary N) is 1. The van der Waals surface area contributed by atoms with E-state index in [1.54, 1.807) is 18.3 Å². The van der Waals surface area contributed by atoms with Gasteiger partial charge in [-0.3, -0.25) is 4.79 Å². The number of hydrogen-bond acceptors (Lipinski definition) is 3. The topological polar surface area (TPSA) is 66.8 Å². The summed E-state index contributed by atoms with van der Waals surface area (Å²) in [6, 6.07) is 9.52. The summed E-state index contributed by atoms with van der Waals surface area (Å²) in [4.78, 5) is 22.8. The van der Waals surface area contributed by atoms with Gasteiger partial charge in [0.25, 0.3) is 0 Å². The van der Waals surface area contributed by atoms with Gasteiger partial charge in [0, 0.05) is 42.1 Å². The monoisotopic (exact) mass is 481 g/mol. The van der Waals surface area contributed by atoms with Crippen LogP contribution >= 0.6 is 23.2 Å². The largest absolute Gasteiger partial charge is 0.346 e. The molecule has 1 amide bonds. The summed E-state index contributed by atoms with van der Waals surface area (Å²) in [6.07, 6.45) is 6.13. The van der Waals surface area contributed by atoms with Gasteiger partial charge in [0.2, 0.25) is 5.91 Å². The molecule has 0 spiro atoms. The highest BCUT2D eigenvalue weighted by atomic mass is 35.5. The molecular formula is C25H25Cl2N5O. The van der Waals surface area contributed by atoms with Gasteiger partial charge < -0.3 is 9.88 Å². The van der Waals surface area contributed by atoms with Crippen LogP contribution in [0, 0.1) is 13.8 Å². The number of benzene rings is 1. The predicted molar refractivity (Wildman–Crippen MR) is 131 cm³/mol. The summed E-state index contributed by atoms with van der Waals surface area (Å²) >= 11 is 12.2. The predicted octanol–water partition coefficient (Wildman–Crippen LogP) is 5.62. The molecule has 170 valence electrons. The lowest BCUT2D eigenvalue weighted by Crippen LogP contribution is -2.38. The number of rotatable bonds is 4. The first kappa shape index (κ1) is 22.0. The van der Waals surface area contributed by atoms with Gasteiger partial charge in [0.05, 0.1) is 27.8 Å². The van der Waals surface area contributed by atoms with Crippen LogP contribution < -0.4 is 0 Å². The minimum Gasteiger partial charge on any atom is -0.346 e. The van der Waals surface area contributed by atoms with Crippen LogP contribution in [0.4, 0.5) is 0 Å². The smallest absolute Gasteiger partial charge is 0.227 e. The Morgan fingerprint density at radius 2 is 1.94 bits per heavy atom. The van der Waals surface area contributed by atoms with Crippen LogP contribution in [0.15, 0.2) is 42.7 Å². The van der Waals surface area contributed by atoms with E-state index in [4.69, 9.17) is 23.2 Å². The van der Waals surface area contributed by atoms with Crippen molar-refractivity contribution in [3.05, 3.63) is 75.3 Å². The van der Waals surface area contributed by atoms with Crippen LogP contribution in [0.2, 0.25) is 10.0 Å². The van der Waals surface area contributed by atoms with Crippen LogP contribution in [0.1, 0.15) is 41.3 Å². The Hall–Kier alpha value is -2.83. The molecule has 1 aliphatic heterocycles. The number of H-pyrrole nitrogens is 1. The fourth-order valence-corrected chi connectivity index (χ4v) is 5.11. The lowest BCUT2D eigenvalue weighted by atomic mass is 9.89. The minimum absolute atomic E-state index is 0.147. The maximum atomic E-state index is 13.2. The Morgan fingerprint density at radius 3 is 2.70 bits per heavy atom. The summed E-state index contributed by atoms with van der Waals surface area (Å²) in [5.74, 6) is 0.585. The quantitative estimate of drug-likeness (QED) is 0.411. The number of likely N-dealkylation sites (tertiary alicyclic amines) is 1. The van der Waals surface area contributed by atoms with Gasteiger partial charge >= 0.3 is 0 Å². The van der Waals surface area contributed by atoms with Crippen molar-refractivity contribution < 1.29 is 4.79 Å². The third-order valence-electron chi connectivity index (χ3n) is 6.69. The molecule has 5 rings (SSSR count). The number of aromatic amines is 1. The second-order valence-corrected chi connectivity index (χ2v) is 9.45. The SMILES string of the molecule is Cc1nn(-c2ccc(Cl)c(Cl)c2)c(C)c1CC(=O)N1CCC(c2c[nH]c3ncccc23)CC1. The zero-order chi connectivity index (χ0) is 23.1. The number of halogens is 2. The number of carbonyl (C=O) groups excluding carboxylic acids is 1. The molecule has 1 aliphatic rings. The molecule has 4 aromatic rings. The van der Waals surface area contributed by atoms with E-state index in [0.29, 0.717) is 22.4 Å². The molecule has 0 saturated carbocycles. The maximum Gasteiger partial charge on any atom is 0.227 e. The van der Waals surface area contributed by atoms with Gasteiger partial charge in [0.1, 0.15) is 5.65 Å². The normalized spacial score (nSPS) is 14.8. The van der Waals surface area contributed by atoms with Crippen molar-refractivity contribution in [2.24, 2.45) is 0 Å². The fraction of sp³-hybridized carbons (Fsp3) is 0.320. The van der Waals surface area contributed by atoms with E-state index >= 15 is 0 Å². The van der Waals surface area contributed by atoms with Gasteiger partial charge in [0.15, 0.2) is 0 Å². The first-order valence-corrected chi connectivity index (χ1v) is 11.9. The van der Waals surface area contributed by atoms with Gasteiger partial charge in [-0.15, -0.1) is 0 Å². The van der Waals surface area contributed by atoms with E-state index < -0.39 is 0 Å². The van der Waals surface area contributed by atoms with E-state index in [1.165, 1.54) is 10.9 Å². The highest BCUT2D eigenvalue weighted by Gasteiger charge is 2.27. The van der Waals surface area contributed by atoms with Crippen molar-refractivity contribution in [1.82, 2.24) is 24.6 Å². The molecule has 1 aromatic carbocycles. The van der Waals surface area contributed by atoms with Gasteiger partial charge in [-0.25, -0.2) is 9.67 Å². The lowest BCUT2D eigenvalue weighted by Gasteiger charge is -2.32. The highest BCUT2D eigenvalue weighted by Crippen LogP contribution is 2.33. The number of piperidine rings is 1. The summed E-state index contributed by atoms with van der Waals surface area (Å²) < 4.78 is 1.83. The molecule has 1 saturated heterocycles. The minimum atomic E-state index is 0.147. The Kier molecular flexibility index (Phi) is 5.89. The van der Waals surface area contributed by atoms with E-state index in [0.717, 1.165) is 54.2 Å². The number of nitrogens with zero attached hydrogens (tertiary/aromatic N) is 4. The van der Waals surface area contributed by atoms with Crippen molar-refractivity contribution in [2.75, 3.05) is 13.1 Å². The van der Waals surface area contributed by atoms with E-state index in [2.05, 4.69) is 27.3 Å². The Bertz CT molecular complexity index is 1330. The lowest BCUT2D eigenvalue weighted by molar-refractivity contribution is -0.131. The molecule has 6 nitrogen and oxygen atoms in total. The van der Waals surface area contributed by atoms with Crippen LogP contribution in [-0.2, 0) is 11.2 Å². The highest BCUT2D eigenvalue weighted by molar-refractivity contribution is 6.42. The number of aryl methyl sites for hydroxylation is 1. The van der Waals surface area contributed by atoms with Gasteiger partial charge in [-0.1, -0.05) is 23.2 Å². The van der Waals surface area contributed by atoms with E-state index in [1.807, 2.05) is 35.6 Å². The number of hydrogen-bond donors (Lipinski definition) is 1. The number of amides is 1. The molecule has 0 atom stereocenters. The summed E-state index contributed by atoms with van der Waals surface area (Å²) in [5, 5.41) is 6.83. The van der Waals surface area contributed by atoms with Crippen molar-refractivity contribution >= 4 is 40.1 Å². The second kappa shape index (κ2) is 8.84. The molecule has 4 heterocycles. The summed E-state index contributed by atoms with van der Waals surface area (Å²) in [5.41, 5.74) is 5.83. The Labute approximate surface area is 202 Å². The molecule has 0 bridgehead atoms. The van der Waals surface area contributed by atoms with Gasteiger partial charge in [-0.2, -0.15) is 5.10 Å². The first-order valence-electron chi connectivity index (χ1n) is 11.1. The molecule has 1 N–H and O–H groups in total. The molecule has 0 aliphatic carbocycles. The molecule has 3 aromatic heterocycles. The Morgan fingerprint density at radius 1 is 1.15 bits per heavy atom. The number of fused-ring (bicyclic) bond motifs is 1. The molecular weight excluding hydrogens is 457 g/mol. The van der Waals surface area contributed by atoms with E-state index in [9.17, 15) is 4.79 Å². The first-order chi connectivity index (χ1) is 15.9. The number of pyridine rings is 1. The second-order valence-electron chi connectivity index (χ2n) is 8.64. The zero-order valence-electron chi connectivity index (χ0n) is 18.6. The standard InChI is InChI=1S/C25H25Cl2N5O/c1-15-20(16(2)32(30-15)18-5-6-22(26)23(27)12-18)13-24(33)31-10-7-17(8-11-31)21-14-29-25-19(21)4-3-9-28-25/h3-6,9,12,14,17H,7-8,10-11,13H2,1-2H3,(H,28,29). The summed E-state index contributed by atoms with van der Waals surface area (Å²) in [7, 11) is 0. The van der Waals surface area contributed by atoms with Crippen LogP contribution in [0.5, 0.6) is 0 Å². The molecule has 1 fully saturated rings. The van der Waals surface area contributed by atoms with Gasteiger partial charge in [-0.05, 0) is 68.5 Å². The zero-order valence-corrected chi connectivity index (χ0v) is 20.1.